The van der Waals surface area contributed by atoms with Crippen LogP contribution in [0.5, 0.6) is 5.75 Å². The number of carbonyl (C=O) groups excluding carboxylic acids is 1. The molecule has 0 saturated carbocycles. The molecule has 3 aromatic carbocycles. The van der Waals surface area contributed by atoms with Gasteiger partial charge >= 0.3 is 5.97 Å². The Hall–Kier alpha value is -3.40. The molecule has 2 heterocycles. The van der Waals surface area contributed by atoms with Crippen molar-refractivity contribution in [3.63, 3.8) is 0 Å². The highest BCUT2D eigenvalue weighted by molar-refractivity contribution is 6.31. The summed E-state index contributed by atoms with van der Waals surface area (Å²) in [5.41, 5.74) is 0.0640. The van der Waals surface area contributed by atoms with Crippen LogP contribution in [0, 0.1) is 17.0 Å². The fourth-order valence-electron chi connectivity index (χ4n) is 6.44. The molecule has 0 aromatic heterocycles. The third-order valence-electron chi connectivity index (χ3n) is 8.17. The van der Waals surface area contributed by atoms with E-state index in [2.05, 4.69) is 36.7 Å². The van der Waals surface area contributed by atoms with Gasteiger partial charge in [0.15, 0.2) is 5.82 Å². The number of carbonyl (C=O) groups is 2. The summed E-state index contributed by atoms with van der Waals surface area (Å²) in [6.07, 6.45) is 0.567. The maximum absolute atomic E-state index is 15.9. The summed E-state index contributed by atoms with van der Waals surface area (Å²) in [5.74, 6) is -3.60. The van der Waals surface area contributed by atoms with Gasteiger partial charge in [0.2, 0.25) is 5.91 Å². The van der Waals surface area contributed by atoms with Crippen LogP contribution in [0.1, 0.15) is 54.6 Å². The summed E-state index contributed by atoms with van der Waals surface area (Å²) in [6.45, 7) is 6.40. The van der Waals surface area contributed by atoms with Gasteiger partial charge in [-0.2, -0.15) is 0 Å². The molecule has 1 saturated heterocycles. The predicted molar refractivity (Wildman–Crippen MR) is 159 cm³/mol. The molecule has 2 aliphatic rings. The molecular formula is C31H31Cl2F2N3O4. The molecule has 11 heteroatoms. The molecule has 0 aliphatic carbocycles. The van der Waals surface area contributed by atoms with Crippen LogP contribution in [-0.4, -0.2) is 42.7 Å². The second kappa shape index (κ2) is 11.0. The monoisotopic (exact) mass is 617 g/mol. The van der Waals surface area contributed by atoms with E-state index in [1.165, 1.54) is 37.4 Å². The van der Waals surface area contributed by atoms with Gasteiger partial charge in [-0.1, -0.05) is 62.2 Å². The number of anilines is 2. The minimum atomic E-state index is -1.15. The first-order chi connectivity index (χ1) is 19.8. The van der Waals surface area contributed by atoms with Gasteiger partial charge in [-0.3, -0.25) is 4.79 Å². The van der Waals surface area contributed by atoms with E-state index in [1.54, 1.807) is 18.2 Å². The van der Waals surface area contributed by atoms with Gasteiger partial charge in [0.25, 0.3) is 0 Å². The smallest absolute Gasteiger partial charge is 0.335 e. The Bertz CT molecular complexity index is 1580. The number of hydrogen-bond donors (Lipinski definition) is 4. The number of amides is 1. The van der Waals surface area contributed by atoms with E-state index in [1.807, 2.05) is 0 Å². The molecule has 1 unspecified atom stereocenters. The van der Waals surface area contributed by atoms with E-state index in [9.17, 15) is 14.7 Å². The average molecular weight is 619 g/mol. The Balaban J connectivity index is 1.68. The number of fused-ring (bicyclic) bond motifs is 2. The summed E-state index contributed by atoms with van der Waals surface area (Å²) in [6, 6.07) is 10.6. The quantitative estimate of drug-likeness (QED) is 0.242. The molecule has 4 atom stereocenters. The van der Waals surface area contributed by atoms with Crippen molar-refractivity contribution in [2.24, 2.45) is 5.41 Å². The van der Waals surface area contributed by atoms with Gasteiger partial charge in [0.05, 0.1) is 40.1 Å². The van der Waals surface area contributed by atoms with Crippen molar-refractivity contribution in [2.75, 3.05) is 24.3 Å². The van der Waals surface area contributed by atoms with E-state index in [4.69, 9.17) is 27.9 Å². The van der Waals surface area contributed by atoms with Crippen molar-refractivity contribution in [3.8, 4) is 5.75 Å². The molecule has 42 heavy (non-hydrogen) atoms. The molecule has 1 fully saturated rings. The van der Waals surface area contributed by atoms with Crippen LogP contribution in [-0.2, 0) is 10.2 Å². The number of halogens is 4. The van der Waals surface area contributed by atoms with Gasteiger partial charge in [-0.05, 0) is 53.3 Å². The van der Waals surface area contributed by atoms with Gasteiger partial charge in [-0.15, -0.1) is 0 Å². The second-order valence-corrected chi connectivity index (χ2v) is 12.8. The first-order valence-electron chi connectivity index (χ1n) is 13.4. The molecule has 0 radical (unpaired) electrons. The summed E-state index contributed by atoms with van der Waals surface area (Å²) in [4.78, 5) is 25.6. The number of carboxylic acids is 1. The van der Waals surface area contributed by atoms with Crippen molar-refractivity contribution in [3.05, 3.63) is 86.9 Å². The van der Waals surface area contributed by atoms with Crippen molar-refractivity contribution in [2.45, 2.75) is 50.6 Å². The van der Waals surface area contributed by atoms with Crippen LogP contribution >= 0.6 is 23.2 Å². The maximum atomic E-state index is 15.9. The minimum Gasteiger partial charge on any atom is -0.495 e. The molecule has 7 nitrogen and oxygen atoms in total. The minimum absolute atomic E-state index is 0.0127. The predicted octanol–water partition coefficient (Wildman–Crippen LogP) is 6.84. The molecular weight excluding hydrogens is 587 g/mol. The highest BCUT2D eigenvalue weighted by Crippen LogP contribution is 2.57. The number of benzene rings is 3. The standard InChI is InChI=1S/C31H31Cl2F2N3O4/c1-30(2,3)13-22-31(14-36-26-17(31)9-10-19(33)25(26)35)23(16-6-5-7-18(32)24(16)34)27(38-22)28(39)37-20-11-8-15(29(40)41)12-21(20)42-4/h5-12,22-23,27,36,38H,13-14H2,1-4H3,(H,37,39)(H,40,41)/t22?,23-,27+,31-/m0/s1. The third-order valence-corrected chi connectivity index (χ3v) is 8.75. The van der Waals surface area contributed by atoms with Crippen molar-refractivity contribution >= 4 is 46.5 Å². The van der Waals surface area contributed by atoms with Crippen LogP contribution in [0.25, 0.3) is 0 Å². The lowest BCUT2D eigenvalue weighted by molar-refractivity contribution is -0.118. The van der Waals surface area contributed by atoms with Gasteiger partial charge < -0.3 is 25.8 Å². The van der Waals surface area contributed by atoms with Crippen LogP contribution < -0.4 is 20.7 Å². The fraction of sp³-hybridized carbons (Fsp3) is 0.355. The van der Waals surface area contributed by atoms with E-state index >= 15 is 8.78 Å². The molecule has 222 valence electrons. The number of methoxy groups -OCH3 is 1. The topological polar surface area (TPSA) is 99.7 Å². The molecule has 1 amide bonds. The van der Waals surface area contributed by atoms with E-state index < -0.39 is 46.9 Å². The number of ether oxygens (including phenoxy) is 1. The summed E-state index contributed by atoms with van der Waals surface area (Å²) in [5, 5.41) is 18.7. The van der Waals surface area contributed by atoms with Crippen LogP contribution in [0.2, 0.25) is 10.0 Å². The van der Waals surface area contributed by atoms with Crippen LogP contribution in [0.4, 0.5) is 20.2 Å². The normalized spacial score (nSPS) is 23.0. The Labute approximate surface area is 252 Å². The van der Waals surface area contributed by atoms with Crippen LogP contribution in [0.15, 0.2) is 48.5 Å². The zero-order valence-electron chi connectivity index (χ0n) is 23.4. The first-order valence-corrected chi connectivity index (χ1v) is 14.2. The molecule has 4 N–H and O–H groups in total. The van der Waals surface area contributed by atoms with Crippen molar-refractivity contribution in [1.29, 1.82) is 0 Å². The lowest BCUT2D eigenvalue weighted by Crippen LogP contribution is -2.46. The van der Waals surface area contributed by atoms with Crippen molar-refractivity contribution in [1.82, 2.24) is 5.32 Å². The fourth-order valence-corrected chi connectivity index (χ4v) is 6.78. The van der Waals surface area contributed by atoms with E-state index in [0.29, 0.717) is 12.0 Å². The van der Waals surface area contributed by atoms with Gasteiger partial charge in [-0.25, -0.2) is 13.6 Å². The molecule has 3 aromatic rings. The highest BCUT2D eigenvalue weighted by Gasteiger charge is 2.62. The maximum Gasteiger partial charge on any atom is 0.335 e. The second-order valence-electron chi connectivity index (χ2n) is 12.0. The summed E-state index contributed by atoms with van der Waals surface area (Å²) in [7, 11) is 1.36. The molecule has 0 bridgehead atoms. The largest absolute Gasteiger partial charge is 0.495 e. The van der Waals surface area contributed by atoms with Gasteiger partial charge in [0, 0.05) is 23.9 Å². The zero-order valence-corrected chi connectivity index (χ0v) is 25.0. The Morgan fingerprint density at radius 3 is 2.48 bits per heavy atom. The number of nitrogens with one attached hydrogen (secondary N) is 3. The first kappa shape index (κ1) is 30.1. The lowest BCUT2D eigenvalue weighted by atomic mass is 9.63. The molecule has 5 rings (SSSR count). The number of aromatic carboxylic acids is 1. The Kier molecular flexibility index (Phi) is 7.89. The number of carboxylic acid groups (broad SMARTS) is 1. The number of hydrogen-bond acceptors (Lipinski definition) is 5. The SMILES string of the molecule is COc1cc(C(=O)O)ccc1NC(=O)[C@@H]1NC(CC(C)(C)C)[C@@]2(CNc3c2ccc(Cl)c3F)[C@H]1c1cccc(Cl)c1F. The highest BCUT2D eigenvalue weighted by atomic mass is 35.5. The summed E-state index contributed by atoms with van der Waals surface area (Å²) < 4.78 is 36.6. The Morgan fingerprint density at radius 1 is 1.10 bits per heavy atom. The van der Waals surface area contributed by atoms with Gasteiger partial charge in [0.1, 0.15) is 11.6 Å². The lowest BCUT2D eigenvalue weighted by Gasteiger charge is -2.39. The number of rotatable bonds is 6. The molecule has 2 aliphatic heterocycles. The van der Waals surface area contributed by atoms with Crippen molar-refractivity contribution < 1.29 is 28.2 Å². The Morgan fingerprint density at radius 2 is 1.81 bits per heavy atom. The summed E-state index contributed by atoms with van der Waals surface area (Å²) >= 11 is 12.4. The van der Waals surface area contributed by atoms with E-state index in [0.717, 1.165) is 0 Å². The van der Waals surface area contributed by atoms with E-state index in [-0.39, 0.29) is 50.3 Å². The zero-order chi connectivity index (χ0) is 30.6. The van der Waals surface area contributed by atoms with Crippen LogP contribution in [0.3, 0.4) is 0 Å². The average Bonchev–Trinajstić information content (AvgIpc) is 3.46. The third kappa shape index (κ3) is 5.08. The molecule has 1 spiro atoms.